The summed E-state index contributed by atoms with van der Waals surface area (Å²) in [5.74, 6) is -0.301. The second-order valence-corrected chi connectivity index (χ2v) is 7.11. The zero-order chi connectivity index (χ0) is 14.6. The SMILES string of the molecule is O=C(CCN1CCS(=O)(=O)CC1)Nc1cccc(F)c1. The molecule has 0 aromatic heterocycles. The number of hydrogen-bond acceptors (Lipinski definition) is 4. The molecule has 0 bridgehead atoms. The van der Waals surface area contributed by atoms with E-state index in [2.05, 4.69) is 5.32 Å². The number of benzene rings is 1. The molecule has 0 spiro atoms. The number of amides is 1. The Morgan fingerprint density at radius 3 is 2.65 bits per heavy atom. The van der Waals surface area contributed by atoms with Crippen molar-refractivity contribution in [1.82, 2.24) is 4.90 Å². The van der Waals surface area contributed by atoms with E-state index in [4.69, 9.17) is 0 Å². The molecule has 5 nitrogen and oxygen atoms in total. The Labute approximate surface area is 117 Å². The van der Waals surface area contributed by atoms with E-state index in [1.807, 2.05) is 4.90 Å². The van der Waals surface area contributed by atoms with Crippen molar-refractivity contribution in [3.63, 3.8) is 0 Å². The number of anilines is 1. The topological polar surface area (TPSA) is 66.5 Å². The average molecular weight is 300 g/mol. The predicted molar refractivity (Wildman–Crippen MR) is 74.7 cm³/mol. The molecule has 20 heavy (non-hydrogen) atoms. The number of halogens is 1. The molecular formula is C13H17FN2O3S. The molecular weight excluding hydrogens is 283 g/mol. The van der Waals surface area contributed by atoms with Crippen LogP contribution in [-0.2, 0) is 14.6 Å². The van der Waals surface area contributed by atoms with Crippen molar-refractivity contribution in [2.24, 2.45) is 0 Å². The minimum Gasteiger partial charge on any atom is -0.326 e. The first-order valence-corrected chi connectivity index (χ1v) is 8.25. The van der Waals surface area contributed by atoms with Gasteiger partial charge >= 0.3 is 0 Å². The summed E-state index contributed by atoms with van der Waals surface area (Å²) in [4.78, 5) is 13.7. The van der Waals surface area contributed by atoms with Crippen molar-refractivity contribution < 1.29 is 17.6 Å². The molecule has 1 heterocycles. The van der Waals surface area contributed by atoms with Crippen LogP contribution in [-0.4, -0.2) is 50.4 Å². The van der Waals surface area contributed by atoms with Gasteiger partial charge in [-0.3, -0.25) is 4.79 Å². The molecule has 0 radical (unpaired) electrons. The fourth-order valence-corrected chi connectivity index (χ4v) is 3.30. The fourth-order valence-electron chi connectivity index (χ4n) is 2.02. The van der Waals surface area contributed by atoms with E-state index in [9.17, 15) is 17.6 Å². The largest absolute Gasteiger partial charge is 0.326 e. The summed E-state index contributed by atoms with van der Waals surface area (Å²) in [5.41, 5.74) is 0.427. The van der Waals surface area contributed by atoms with Crippen LogP contribution in [0.1, 0.15) is 6.42 Å². The average Bonchev–Trinajstić information content (AvgIpc) is 2.37. The van der Waals surface area contributed by atoms with Crippen LogP contribution in [0.5, 0.6) is 0 Å². The fraction of sp³-hybridized carbons (Fsp3) is 0.462. The van der Waals surface area contributed by atoms with E-state index in [1.54, 1.807) is 6.07 Å². The van der Waals surface area contributed by atoms with Gasteiger partial charge in [-0.05, 0) is 18.2 Å². The standard InChI is InChI=1S/C13H17FN2O3S/c14-11-2-1-3-12(10-11)15-13(17)4-5-16-6-8-20(18,19)9-7-16/h1-3,10H,4-9H2,(H,15,17). The number of nitrogens with zero attached hydrogens (tertiary/aromatic N) is 1. The Bertz CT molecular complexity index is 575. The summed E-state index contributed by atoms with van der Waals surface area (Å²) in [6.45, 7) is 1.45. The minimum absolute atomic E-state index is 0.151. The predicted octanol–water partition coefficient (Wildman–Crippen LogP) is 0.885. The molecule has 1 fully saturated rings. The van der Waals surface area contributed by atoms with Gasteiger partial charge in [-0.25, -0.2) is 12.8 Å². The van der Waals surface area contributed by atoms with E-state index in [1.165, 1.54) is 18.2 Å². The Morgan fingerprint density at radius 2 is 2.00 bits per heavy atom. The Hall–Kier alpha value is -1.47. The maximum absolute atomic E-state index is 13.0. The molecule has 1 aromatic carbocycles. The lowest BCUT2D eigenvalue weighted by Gasteiger charge is -2.26. The molecule has 1 aromatic rings. The molecule has 0 atom stereocenters. The lowest BCUT2D eigenvalue weighted by molar-refractivity contribution is -0.116. The van der Waals surface area contributed by atoms with Crippen molar-refractivity contribution in [3.8, 4) is 0 Å². The molecule has 1 aliphatic heterocycles. The van der Waals surface area contributed by atoms with E-state index in [0.717, 1.165) is 0 Å². The van der Waals surface area contributed by atoms with Crippen LogP contribution >= 0.6 is 0 Å². The lowest BCUT2D eigenvalue weighted by atomic mass is 10.3. The van der Waals surface area contributed by atoms with Crippen LogP contribution in [0.3, 0.4) is 0 Å². The maximum atomic E-state index is 13.0. The molecule has 1 amide bonds. The number of sulfone groups is 1. The second-order valence-electron chi connectivity index (χ2n) is 4.80. The van der Waals surface area contributed by atoms with Crippen LogP contribution in [0.2, 0.25) is 0 Å². The summed E-state index contributed by atoms with van der Waals surface area (Å²) in [5, 5.41) is 2.61. The number of nitrogens with one attached hydrogen (secondary N) is 1. The van der Waals surface area contributed by atoms with Gasteiger partial charge in [0.1, 0.15) is 5.82 Å². The molecule has 1 aliphatic rings. The smallest absolute Gasteiger partial charge is 0.225 e. The van der Waals surface area contributed by atoms with E-state index in [-0.39, 0.29) is 23.8 Å². The first-order chi connectivity index (χ1) is 9.44. The van der Waals surface area contributed by atoms with Crippen molar-refractivity contribution in [1.29, 1.82) is 0 Å². The van der Waals surface area contributed by atoms with Gasteiger partial charge in [-0.15, -0.1) is 0 Å². The van der Waals surface area contributed by atoms with Crippen LogP contribution in [0, 0.1) is 5.82 Å². The molecule has 1 N–H and O–H groups in total. The minimum atomic E-state index is -2.89. The van der Waals surface area contributed by atoms with Crippen molar-refractivity contribution >= 4 is 21.4 Å². The second kappa shape index (κ2) is 6.32. The number of hydrogen-bond donors (Lipinski definition) is 1. The van der Waals surface area contributed by atoms with Gasteiger partial charge in [-0.2, -0.15) is 0 Å². The zero-order valence-corrected chi connectivity index (χ0v) is 11.8. The zero-order valence-electron chi connectivity index (χ0n) is 11.0. The van der Waals surface area contributed by atoms with Crippen LogP contribution < -0.4 is 5.32 Å². The van der Waals surface area contributed by atoms with Crippen LogP contribution in [0.15, 0.2) is 24.3 Å². The number of carbonyl (C=O) groups excluding carboxylic acids is 1. The monoisotopic (exact) mass is 300 g/mol. The molecule has 0 unspecified atom stereocenters. The Kier molecular flexibility index (Phi) is 4.72. The maximum Gasteiger partial charge on any atom is 0.225 e. The van der Waals surface area contributed by atoms with Gasteiger partial charge in [-0.1, -0.05) is 6.07 Å². The van der Waals surface area contributed by atoms with E-state index in [0.29, 0.717) is 25.3 Å². The van der Waals surface area contributed by atoms with Gasteiger partial charge in [0.25, 0.3) is 0 Å². The molecule has 2 rings (SSSR count). The van der Waals surface area contributed by atoms with Gasteiger partial charge in [0.2, 0.25) is 5.91 Å². The van der Waals surface area contributed by atoms with Crippen molar-refractivity contribution in [2.45, 2.75) is 6.42 Å². The highest BCUT2D eigenvalue weighted by Gasteiger charge is 2.21. The van der Waals surface area contributed by atoms with Gasteiger partial charge in [0.05, 0.1) is 11.5 Å². The molecule has 0 saturated carbocycles. The molecule has 110 valence electrons. The van der Waals surface area contributed by atoms with Crippen LogP contribution in [0.4, 0.5) is 10.1 Å². The van der Waals surface area contributed by atoms with Gasteiger partial charge in [0.15, 0.2) is 9.84 Å². The van der Waals surface area contributed by atoms with Crippen LogP contribution in [0.25, 0.3) is 0 Å². The molecule has 1 saturated heterocycles. The van der Waals surface area contributed by atoms with E-state index >= 15 is 0 Å². The first kappa shape index (κ1) is 14.9. The number of carbonyl (C=O) groups is 1. The third-order valence-electron chi connectivity index (χ3n) is 3.20. The summed E-state index contributed by atoms with van der Waals surface area (Å²) in [6.07, 6.45) is 0.260. The lowest BCUT2D eigenvalue weighted by Crippen LogP contribution is -2.41. The third-order valence-corrected chi connectivity index (χ3v) is 4.81. The molecule has 7 heteroatoms. The number of rotatable bonds is 4. The summed E-state index contributed by atoms with van der Waals surface area (Å²) in [7, 11) is -2.89. The summed E-state index contributed by atoms with van der Waals surface area (Å²) < 4.78 is 35.5. The highest BCUT2D eigenvalue weighted by Crippen LogP contribution is 2.10. The summed E-state index contributed by atoms with van der Waals surface area (Å²) >= 11 is 0. The van der Waals surface area contributed by atoms with Gasteiger partial charge < -0.3 is 10.2 Å². The van der Waals surface area contributed by atoms with Crippen molar-refractivity contribution in [2.75, 3.05) is 36.5 Å². The highest BCUT2D eigenvalue weighted by atomic mass is 32.2. The van der Waals surface area contributed by atoms with Gasteiger partial charge in [0, 0.05) is 31.7 Å². The first-order valence-electron chi connectivity index (χ1n) is 6.43. The molecule has 0 aliphatic carbocycles. The normalized spacial score (nSPS) is 18.6. The summed E-state index contributed by atoms with van der Waals surface area (Å²) in [6, 6.07) is 5.71. The Morgan fingerprint density at radius 1 is 1.30 bits per heavy atom. The quantitative estimate of drug-likeness (QED) is 0.896. The van der Waals surface area contributed by atoms with Crippen molar-refractivity contribution in [3.05, 3.63) is 30.1 Å². The Balaban J connectivity index is 1.76. The highest BCUT2D eigenvalue weighted by molar-refractivity contribution is 7.91. The third kappa shape index (κ3) is 4.57. The van der Waals surface area contributed by atoms with E-state index < -0.39 is 15.7 Å².